The van der Waals surface area contributed by atoms with E-state index in [9.17, 15) is 8.42 Å². The lowest BCUT2D eigenvalue weighted by Crippen LogP contribution is -2.15. The molecule has 0 saturated heterocycles. The van der Waals surface area contributed by atoms with Crippen LogP contribution in [0, 0.1) is 13.8 Å². The zero-order valence-corrected chi connectivity index (χ0v) is 13.5. The van der Waals surface area contributed by atoms with Crippen molar-refractivity contribution < 1.29 is 8.42 Å². The molecule has 0 bridgehead atoms. The van der Waals surface area contributed by atoms with Gasteiger partial charge in [0.25, 0.3) is 10.0 Å². The van der Waals surface area contributed by atoms with Crippen LogP contribution in [0.15, 0.2) is 35.4 Å². The van der Waals surface area contributed by atoms with Gasteiger partial charge in [-0.3, -0.25) is 0 Å². The highest BCUT2D eigenvalue weighted by atomic mass is 32.2. The monoisotopic (exact) mass is 294 g/mol. The molecule has 0 fully saturated rings. The third-order valence-corrected chi connectivity index (χ3v) is 4.46. The molecule has 4 nitrogen and oxygen atoms in total. The smallest absolute Gasteiger partial charge is 0.238 e. The van der Waals surface area contributed by atoms with Crippen molar-refractivity contribution >= 4 is 10.0 Å². The second kappa shape index (κ2) is 6.70. The molecular weight excluding hydrogens is 272 g/mol. The van der Waals surface area contributed by atoms with Crippen LogP contribution in [0.5, 0.6) is 0 Å². The van der Waals surface area contributed by atoms with Crippen LogP contribution >= 0.6 is 0 Å². The molecule has 0 unspecified atom stereocenters. The summed E-state index contributed by atoms with van der Waals surface area (Å²) in [6.45, 7) is 9.61. The Hall–Kier alpha value is -1.62. The van der Waals surface area contributed by atoms with Crippen molar-refractivity contribution in [3.63, 3.8) is 0 Å². The minimum absolute atomic E-state index is 0.292. The summed E-state index contributed by atoms with van der Waals surface area (Å²) in [6, 6.07) is 6.84. The maximum absolute atomic E-state index is 12.5. The van der Waals surface area contributed by atoms with E-state index in [4.69, 9.17) is 0 Å². The summed E-state index contributed by atoms with van der Waals surface area (Å²) in [5, 5.41) is 0. The Balaban J connectivity index is 0.000000956. The minimum Gasteiger partial charge on any atom is -0.238 e. The predicted octanol–water partition coefficient (Wildman–Crippen LogP) is 3.33. The van der Waals surface area contributed by atoms with Crippen molar-refractivity contribution in [2.45, 2.75) is 45.9 Å². The van der Waals surface area contributed by atoms with Gasteiger partial charge in [-0.25, -0.2) is 17.4 Å². The highest BCUT2D eigenvalue weighted by Gasteiger charge is 2.20. The second-order valence-electron chi connectivity index (χ2n) is 4.27. The molecule has 0 spiro atoms. The normalized spacial score (nSPS) is 10.8. The second-order valence-corrected chi connectivity index (χ2v) is 6.08. The molecule has 20 heavy (non-hydrogen) atoms. The van der Waals surface area contributed by atoms with Crippen LogP contribution < -0.4 is 0 Å². The Morgan fingerprint density at radius 1 is 1.10 bits per heavy atom. The average molecular weight is 294 g/mol. The Morgan fingerprint density at radius 2 is 1.65 bits per heavy atom. The molecule has 2 rings (SSSR count). The van der Waals surface area contributed by atoms with Gasteiger partial charge in [-0.15, -0.1) is 0 Å². The molecule has 2 aromatic rings. The molecule has 0 aliphatic heterocycles. The first kappa shape index (κ1) is 16.4. The molecule has 0 N–H and O–H groups in total. The Morgan fingerprint density at radius 3 is 2.15 bits per heavy atom. The highest BCUT2D eigenvalue weighted by molar-refractivity contribution is 7.90. The quantitative estimate of drug-likeness (QED) is 0.872. The van der Waals surface area contributed by atoms with Gasteiger partial charge in [0.1, 0.15) is 5.82 Å². The molecule has 0 amide bonds. The number of hydrogen-bond donors (Lipinski definition) is 0. The SMILES string of the molecule is CC.CCc1nc(C)cn1S(=O)(=O)c1ccc(C)cc1. The van der Waals surface area contributed by atoms with Gasteiger partial charge in [0.15, 0.2) is 0 Å². The van der Waals surface area contributed by atoms with Crippen LogP contribution in [-0.4, -0.2) is 17.4 Å². The fraction of sp³-hybridized carbons (Fsp3) is 0.400. The third kappa shape index (κ3) is 3.28. The number of aryl methyl sites for hydroxylation is 3. The van der Waals surface area contributed by atoms with E-state index in [1.165, 1.54) is 3.97 Å². The van der Waals surface area contributed by atoms with Crippen molar-refractivity contribution in [2.24, 2.45) is 0 Å². The number of benzene rings is 1. The summed E-state index contributed by atoms with van der Waals surface area (Å²) in [7, 11) is -3.52. The fourth-order valence-corrected chi connectivity index (χ4v) is 3.24. The van der Waals surface area contributed by atoms with Crippen LogP contribution in [0.3, 0.4) is 0 Å². The molecule has 1 aromatic heterocycles. The van der Waals surface area contributed by atoms with Crippen LogP contribution in [-0.2, 0) is 16.4 Å². The molecule has 0 saturated carbocycles. The lowest BCUT2D eigenvalue weighted by Gasteiger charge is -2.08. The van der Waals surface area contributed by atoms with Gasteiger partial charge < -0.3 is 0 Å². The maximum Gasteiger partial charge on any atom is 0.269 e. The lowest BCUT2D eigenvalue weighted by molar-refractivity contribution is 0.584. The summed E-state index contributed by atoms with van der Waals surface area (Å²) >= 11 is 0. The fourth-order valence-electron chi connectivity index (χ4n) is 1.79. The van der Waals surface area contributed by atoms with Gasteiger partial charge in [-0.1, -0.05) is 38.5 Å². The minimum atomic E-state index is -3.52. The first-order chi connectivity index (χ1) is 9.45. The van der Waals surface area contributed by atoms with Gasteiger partial charge in [-0.2, -0.15) is 0 Å². The Labute approximate surface area is 121 Å². The zero-order chi connectivity index (χ0) is 15.3. The third-order valence-electron chi connectivity index (χ3n) is 2.76. The van der Waals surface area contributed by atoms with Gasteiger partial charge in [-0.05, 0) is 26.0 Å². The molecule has 0 atom stereocenters. The highest BCUT2D eigenvalue weighted by Crippen LogP contribution is 2.17. The van der Waals surface area contributed by atoms with Gasteiger partial charge in [0, 0.05) is 12.6 Å². The number of nitrogens with zero attached hydrogens (tertiary/aromatic N) is 2. The maximum atomic E-state index is 12.5. The first-order valence-corrected chi connectivity index (χ1v) is 8.26. The number of imidazole rings is 1. The van der Waals surface area contributed by atoms with E-state index in [2.05, 4.69) is 4.98 Å². The van der Waals surface area contributed by atoms with Gasteiger partial charge in [0.2, 0.25) is 0 Å². The molecular formula is C15H22N2O2S. The van der Waals surface area contributed by atoms with Gasteiger partial charge in [0.05, 0.1) is 10.6 Å². The summed E-state index contributed by atoms with van der Waals surface area (Å²) < 4.78 is 26.2. The van der Waals surface area contributed by atoms with Crippen LogP contribution in [0.25, 0.3) is 0 Å². The van der Waals surface area contributed by atoms with Crippen LogP contribution in [0.1, 0.15) is 37.9 Å². The molecule has 0 aliphatic carbocycles. The van der Waals surface area contributed by atoms with E-state index in [-0.39, 0.29) is 0 Å². The van der Waals surface area contributed by atoms with Crippen LogP contribution in [0.4, 0.5) is 0 Å². The summed E-state index contributed by atoms with van der Waals surface area (Å²) in [4.78, 5) is 4.51. The summed E-state index contributed by atoms with van der Waals surface area (Å²) in [5.74, 6) is 0.563. The van der Waals surface area contributed by atoms with E-state index in [1.54, 1.807) is 37.4 Å². The van der Waals surface area contributed by atoms with Crippen molar-refractivity contribution in [3.8, 4) is 0 Å². The molecule has 0 aliphatic rings. The molecule has 5 heteroatoms. The summed E-state index contributed by atoms with van der Waals surface area (Å²) in [6.07, 6.45) is 2.15. The predicted molar refractivity (Wildman–Crippen MR) is 81.5 cm³/mol. The van der Waals surface area contributed by atoms with E-state index in [0.717, 1.165) is 5.56 Å². The molecule has 0 radical (unpaired) electrons. The lowest BCUT2D eigenvalue weighted by atomic mass is 10.2. The van der Waals surface area contributed by atoms with Crippen molar-refractivity contribution in [1.29, 1.82) is 0 Å². The molecule has 1 heterocycles. The standard InChI is InChI=1S/C13H16N2O2S.C2H6/c1-4-13-14-11(3)9-15(13)18(16,17)12-7-5-10(2)6-8-12;1-2/h5-9H,4H2,1-3H3;1-2H3. The van der Waals surface area contributed by atoms with E-state index in [0.29, 0.717) is 22.8 Å². The van der Waals surface area contributed by atoms with Crippen molar-refractivity contribution in [3.05, 3.63) is 47.5 Å². The Bertz CT molecular complexity index is 656. The Kier molecular flexibility index (Phi) is 5.51. The van der Waals surface area contributed by atoms with Crippen molar-refractivity contribution in [1.82, 2.24) is 8.96 Å². The van der Waals surface area contributed by atoms with Gasteiger partial charge >= 0.3 is 0 Å². The largest absolute Gasteiger partial charge is 0.269 e. The number of aromatic nitrogens is 2. The first-order valence-electron chi connectivity index (χ1n) is 6.82. The number of hydrogen-bond acceptors (Lipinski definition) is 3. The summed E-state index contributed by atoms with van der Waals surface area (Å²) in [5.41, 5.74) is 1.74. The van der Waals surface area contributed by atoms with Crippen molar-refractivity contribution in [2.75, 3.05) is 0 Å². The van der Waals surface area contributed by atoms with E-state index in [1.807, 2.05) is 27.7 Å². The van der Waals surface area contributed by atoms with Crippen LogP contribution in [0.2, 0.25) is 0 Å². The molecule has 110 valence electrons. The average Bonchev–Trinajstić information content (AvgIpc) is 2.83. The number of rotatable bonds is 3. The van der Waals surface area contributed by atoms with E-state index < -0.39 is 10.0 Å². The molecule has 1 aromatic carbocycles. The van der Waals surface area contributed by atoms with E-state index >= 15 is 0 Å². The zero-order valence-electron chi connectivity index (χ0n) is 12.7. The topological polar surface area (TPSA) is 52.0 Å².